The summed E-state index contributed by atoms with van der Waals surface area (Å²) in [5.74, 6) is 0.695. The Kier molecular flexibility index (Phi) is 6.48. The summed E-state index contributed by atoms with van der Waals surface area (Å²) >= 11 is 7.58. The van der Waals surface area contributed by atoms with Crippen LogP contribution in [0.1, 0.15) is 28.8 Å². The summed E-state index contributed by atoms with van der Waals surface area (Å²) in [5.41, 5.74) is 3.67. The molecule has 27 heavy (non-hydrogen) atoms. The van der Waals surface area contributed by atoms with Crippen LogP contribution in [0.5, 0.6) is 5.75 Å². The number of ether oxygens (including phenoxy) is 1. The Bertz CT molecular complexity index is 922. The topological polar surface area (TPSA) is 51.2 Å². The number of nitrogens with zero attached hydrogens (tertiary/aromatic N) is 1. The van der Waals surface area contributed by atoms with Gasteiger partial charge in [0.2, 0.25) is 5.91 Å². The number of benzene rings is 2. The number of hydrogen-bond acceptors (Lipinski definition) is 4. The first kappa shape index (κ1) is 19.4. The van der Waals surface area contributed by atoms with Gasteiger partial charge in [-0.3, -0.25) is 4.79 Å². The minimum Gasteiger partial charge on any atom is -0.486 e. The highest BCUT2D eigenvalue weighted by atomic mass is 35.5. The molecule has 1 heterocycles. The zero-order valence-corrected chi connectivity index (χ0v) is 16.9. The molecule has 1 N–H and O–H groups in total. The first-order chi connectivity index (χ1) is 13.0. The summed E-state index contributed by atoms with van der Waals surface area (Å²) in [4.78, 5) is 16.7. The van der Waals surface area contributed by atoms with E-state index in [1.54, 1.807) is 6.07 Å². The number of hydrogen-bond donors (Lipinski definition) is 1. The predicted octanol–water partition coefficient (Wildman–Crippen LogP) is 5.43. The number of anilines is 1. The number of nitrogens with one attached hydrogen (secondary N) is 1. The third kappa shape index (κ3) is 5.55. The van der Waals surface area contributed by atoms with Gasteiger partial charge in [-0.15, -0.1) is 11.3 Å². The summed E-state index contributed by atoms with van der Waals surface area (Å²) in [7, 11) is 0. The average Bonchev–Trinajstić information content (AvgIpc) is 3.10. The van der Waals surface area contributed by atoms with Crippen LogP contribution in [0.3, 0.4) is 0 Å². The standard InChI is InChI=1S/C21H21ClN2O2S/c1-3-15-5-8-18(9-6-15)26-12-21-24-17(13-27-21)11-20(25)23-16-7-4-14(2)19(22)10-16/h4-10,13H,3,11-12H2,1-2H3,(H,23,25). The van der Waals surface area contributed by atoms with Gasteiger partial charge in [0.25, 0.3) is 0 Å². The van der Waals surface area contributed by atoms with Gasteiger partial charge in [0, 0.05) is 16.1 Å². The number of amides is 1. The second-order valence-corrected chi connectivity index (χ2v) is 7.56. The van der Waals surface area contributed by atoms with E-state index >= 15 is 0 Å². The zero-order chi connectivity index (χ0) is 19.2. The molecule has 0 bridgehead atoms. The van der Waals surface area contributed by atoms with Crippen LogP contribution in [0.25, 0.3) is 0 Å². The van der Waals surface area contributed by atoms with Crippen LogP contribution < -0.4 is 10.1 Å². The van der Waals surface area contributed by atoms with E-state index in [0.29, 0.717) is 17.3 Å². The van der Waals surface area contributed by atoms with Crippen molar-refractivity contribution in [1.29, 1.82) is 0 Å². The monoisotopic (exact) mass is 400 g/mol. The van der Waals surface area contributed by atoms with Gasteiger partial charge < -0.3 is 10.1 Å². The first-order valence-electron chi connectivity index (χ1n) is 8.74. The maximum absolute atomic E-state index is 12.2. The van der Waals surface area contributed by atoms with Gasteiger partial charge >= 0.3 is 0 Å². The number of thiazole rings is 1. The first-order valence-corrected chi connectivity index (χ1v) is 10.00. The van der Waals surface area contributed by atoms with Crippen LogP contribution in [-0.4, -0.2) is 10.9 Å². The number of aromatic nitrogens is 1. The molecule has 1 aromatic heterocycles. The molecular formula is C21H21ClN2O2S. The third-order valence-electron chi connectivity index (χ3n) is 4.09. The number of halogens is 1. The van der Waals surface area contributed by atoms with E-state index in [1.165, 1.54) is 16.9 Å². The molecule has 3 aromatic rings. The maximum atomic E-state index is 12.2. The highest BCUT2D eigenvalue weighted by Gasteiger charge is 2.09. The second kappa shape index (κ2) is 9.02. The molecule has 0 aliphatic rings. The van der Waals surface area contributed by atoms with Crippen LogP contribution in [0.15, 0.2) is 47.8 Å². The Morgan fingerprint density at radius 2 is 2.00 bits per heavy atom. The molecule has 0 radical (unpaired) electrons. The fraction of sp³-hybridized carbons (Fsp3) is 0.238. The summed E-state index contributed by atoms with van der Waals surface area (Å²) < 4.78 is 5.76. The molecule has 0 spiro atoms. The molecule has 0 aliphatic heterocycles. The lowest BCUT2D eigenvalue weighted by atomic mass is 10.2. The van der Waals surface area contributed by atoms with Crippen LogP contribution in [-0.2, 0) is 24.2 Å². The van der Waals surface area contributed by atoms with Gasteiger partial charge in [-0.1, -0.05) is 36.7 Å². The molecule has 6 heteroatoms. The summed E-state index contributed by atoms with van der Waals surface area (Å²) in [6, 6.07) is 13.5. The van der Waals surface area contributed by atoms with Crippen LogP contribution in [0, 0.1) is 6.92 Å². The predicted molar refractivity (Wildman–Crippen MR) is 111 cm³/mol. The molecule has 0 unspecified atom stereocenters. The molecule has 0 atom stereocenters. The van der Waals surface area contributed by atoms with Crippen molar-refractivity contribution >= 4 is 34.5 Å². The quantitative estimate of drug-likeness (QED) is 0.575. The molecule has 1 amide bonds. The highest BCUT2D eigenvalue weighted by molar-refractivity contribution is 7.09. The van der Waals surface area contributed by atoms with Gasteiger partial charge in [0.05, 0.1) is 12.1 Å². The maximum Gasteiger partial charge on any atom is 0.230 e. The van der Waals surface area contributed by atoms with Crippen molar-refractivity contribution < 1.29 is 9.53 Å². The van der Waals surface area contributed by atoms with Crippen molar-refractivity contribution in [1.82, 2.24) is 4.98 Å². The molecule has 140 valence electrons. The van der Waals surface area contributed by atoms with Crippen molar-refractivity contribution in [2.45, 2.75) is 33.3 Å². The van der Waals surface area contributed by atoms with E-state index < -0.39 is 0 Å². The smallest absolute Gasteiger partial charge is 0.230 e. The van der Waals surface area contributed by atoms with Gasteiger partial charge in [-0.2, -0.15) is 0 Å². The molecule has 2 aromatic carbocycles. The van der Waals surface area contributed by atoms with Crippen molar-refractivity contribution in [3.8, 4) is 5.75 Å². The van der Waals surface area contributed by atoms with Crippen molar-refractivity contribution in [2.75, 3.05) is 5.32 Å². The Morgan fingerprint density at radius 1 is 1.22 bits per heavy atom. The van der Waals surface area contributed by atoms with Crippen molar-refractivity contribution in [3.63, 3.8) is 0 Å². The van der Waals surface area contributed by atoms with E-state index in [0.717, 1.165) is 28.4 Å². The molecular weight excluding hydrogens is 380 g/mol. The lowest BCUT2D eigenvalue weighted by Gasteiger charge is -2.06. The molecule has 0 fully saturated rings. The molecule has 0 saturated carbocycles. The van der Waals surface area contributed by atoms with Gasteiger partial charge in [-0.25, -0.2) is 4.98 Å². The van der Waals surface area contributed by atoms with Gasteiger partial charge in [0.15, 0.2) is 0 Å². The Labute approximate surface area is 168 Å². The molecule has 0 aliphatic carbocycles. The van der Waals surface area contributed by atoms with E-state index in [-0.39, 0.29) is 12.3 Å². The number of carbonyl (C=O) groups excluding carboxylic acids is 1. The van der Waals surface area contributed by atoms with Crippen LogP contribution in [0.4, 0.5) is 5.69 Å². The Hall–Kier alpha value is -2.37. The third-order valence-corrected chi connectivity index (χ3v) is 5.37. The van der Waals surface area contributed by atoms with E-state index in [9.17, 15) is 4.79 Å². The molecule has 4 nitrogen and oxygen atoms in total. The fourth-order valence-corrected chi connectivity index (χ4v) is 3.39. The molecule has 3 rings (SSSR count). The summed E-state index contributed by atoms with van der Waals surface area (Å²) in [6.45, 7) is 4.44. The fourth-order valence-electron chi connectivity index (χ4n) is 2.50. The zero-order valence-electron chi connectivity index (χ0n) is 15.3. The van der Waals surface area contributed by atoms with E-state index in [1.807, 2.05) is 36.6 Å². The lowest BCUT2D eigenvalue weighted by molar-refractivity contribution is -0.115. The average molecular weight is 401 g/mol. The van der Waals surface area contributed by atoms with Gasteiger partial charge in [-0.05, 0) is 48.7 Å². The highest BCUT2D eigenvalue weighted by Crippen LogP contribution is 2.21. The van der Waals surface area contributed by atoms with Crippen LogP contribution in [0.2, 0.25) is 5.02 Å². The Balaban J connectivity index is 1.52. The normalized spacial score (nSPS) is 10.6. The van der Waals surface area contributed by atoms with Crippen molar-refractivity contribution in [3.05, 3.63) is 74.7 Å². The number of rotatable bonds is 7. The van der Waals surface area contributed by atoms with Crippen LogP contribution >= 0.6 is 22.9 Å². The van der Waals surface area contributed by atoms with E-state index in [4.69, 9.17) is 16.3 Å². The van der Waals surface area contributed by atoms with Crippen molar-refractivity contribution in [2.24, 2.45) is 0 Å². The van der Waals surface area contributed by atoms with Gasteiger partial charge in [0.1, 0.15) is 17.4 Å². The Morgan fingerprint density at radius 3 is 2.70 bits per heavy atom. The largest absolute Gasteiger partial charge is 0.486 e. The SMILES string of the molecule is CCc1ccc(OCc2nc(CC(=O)Nc3ccc(C)c(Cl)c3)cs2)cc1. The lowest BCUT2D eigenvalue weighted by Crippen LogP contribution is -2.14. The second-order valence-electron chi connectivity index (χ2n) is 6.21. The van der Waals surface area contributed by atoms with E-state index in [2.05, 4.69) is 29.4 Å². The molecule has 0 saturated heterocycles. The minimum atomic E-state index is -0.122. The number of carbonyl (C=O) groups is 1. The summed E-state index contributed by atoms with van der Waals surface area (Å²) in [5, 5.41) is 6.21. The minimum absolute atomic E-state index is 0.122. The summed E-state index contributed by atoms with van der Waals surface area (Å²) in [6.07, 6.45) is 1.22. The number of aryl methyl sites for hydroxylation is 2.